The highest BCUT2D eigenvalue weighted by Crippen LogP contribution is 2.51. The SMILES string of the molecule is Cc1cc(-c2ccc(N(c3ccc(-c4cccc5ccccc45)cc3)c3c(C)cccc3-c3cccc4c3sc3ccccc34)c(C)c2)ccc1N(c1ccc(-c2cccc3ccccc23)cc1)c1c(C)cccc1-c1cccc2c1sc1ccccc12. The third-order valence-electron chi connectivity index (χ3n) is 18.0. The quantitative estimate of drug-likeness (QED) is 0.127. The van der Waals surface area contributed by atoms with Gasteiger partial charge in [0.2, 0.25) is 0 Å². The average Bonchev–Trinajstić information content (AvgIpc) is 1.55. The molecule has 88 heavy (non-hydrogen) atoms. The van der Waals surface area contributed by atoms with Crippen LogP contribution in [0.4, 0.5) is 34.1 Å². The molecular formula is C84H60N2S2. The van der Waals surface area contributed by atoms with Crippen molar-refractivity contribution in [2.75, 3.05) is 9.80 Å². The van der Waals surface area contributed by atoms with Crippen LogP contribution < -0.4 is 9.80 Å². The highest BCUT2D eigenvalue weighted by atomic mass is 32.1. The summed E-state index contributed by atoms with van der Waals surface area (Å²) in [6.07, 6.45) is 0. The molecule has 418 valence electrons. The number of rotatable bonds is 11. The zero-order chi connectivity index (χ0) is 59.0. The number of para-hydroxylation sites is 2. The van der Waals surface area contributed by atoms with Crippen LogP contribution in [0.25, 0.3) is 118 Å². The fraction of sp³-hybridized carbons (Fsp3) is 0.0476. The molecule has 0 aliphatic carbocycles. The molecule has 2 heterocycles. The van der Waals surface area contributed by atoms with Crippen LogP contribution in [0.3, 0.4) is 0 Å². The van der Waals surface area contributed by atoms with E-state index in [1.165, 1.54) is 151 Å². The van der Waals surface area contributed by atoms with Crippen molar-refractivity contribution in [3.8, 4) is 55.6 Å². The van der Waals surface area contributed by atoms with Gasteiger partial charge in [-0.05, 0) is 166 Å². The summed E-state index contributed by atoms with van der Waals surface area (Å²) < 4.78 is 5.21. The van der Waals surface area contributed by atoms with Gasteiger partial charge in [-0.1, -0.05) is 231 Å². The molecular weight excluding hydrogens is 1100 g/mol. The van der Waals surface area contributed by atoms with E-state index in [2.05, 4.69) is 329 Å². The number of aryl methyl sites for hydroxylation is 4. The van der Waals surface area contributed by atoms with Crippen molar-refractivity contribution >= 4 is 119 Å². The smallest absolute Gasteiger partial charge is 0.0569 e. The van der Waals surface area contributed by atoms with Crippen molar-refractivity contribution in [1.29, 1.82) is 0 Å². The van der Waals surface area contributed by atoms with Gasteiger partial charge in [0, 0.05) is 85.3 Å². The van der Waals surface area contributed by atoms with E-state index < -0.39 is 0 Å². The lowest BCUT2D eigenvalue weighted by Gasteiger charge is -2.32. The number of hydrogen-bond acceptors (Lipinski definition) is 4. The summed E-state index contributed by atoms with van der Waals surface area (Å²) >= 11 is 3.77. The van der Waals surface area contributed by atoms with E-state index in [9.17, 15) is 0 Å². The Morgan fingerprint density at radius 2 is 0.568 bits per heavy atom. The first kappa shape index (κ1) is 53.1. The highest BCUT2D eigenvalue weighted by Gasteiger charge is 2.26. The van der Waals surface area contributed by atoms with E-state index in [-0.39, 0.29) is 0 Å². The normalized spacial score (nSPS) is 11.6. The second kappa shape index (κ2) is 21.9. The van der Waals surface area contributed by atoms with Crippen molar-refractivity contribution in [3.05, 3.63) is 313 Å². The van der Waals surface area contributed by atoms with Gasteiger partial charge in [0.05, 0.1) is 11.4 Å². The summed E-state index contributed by atoms with van der Waals surface area (Å²) in [5, 5.41) is 10.2. The van der Waals surface area contributed by atoms with Gasteiger partial charge in [-0.3, -0.25) is 0 Å². The number of nitrogens with zero attached hydrogens (tertiary/aromatic N) is 2. The van der Waals surface area contributed by atoms with E-state index in [1.54, 1.807) is 0 Å². The Morgan fingerprint density at radius 1 is 0.239 bits per heavy atom. The predicted molar refractivity (Wildman–Crippen MR) is 383 cm³/mol. The Hall–Kier alpha value is -10.4. The molecule has 0 saturated carbocycles. The van der Waals surface area contributed by atoms with Crippen LogP contribution in [-0.4, -0.2) is 0 Å². The number of hydrogen-bond donors (Lipinski definition) is 0. The molecule has 16 aromatic rings. The molecule has 16 rings (SSSR count). The van der Waals surface area contributed by atoms with Crippen LogP contribution in [-0.2, 0) is 0 Å². The Bertz CT molecular complexity index is 5050. The lowest BCUT2D eigenvalue weighted by Crippen LogP contribution is -2.14. The van der Waals surface area contributed by atoms with Crippen LogP contribution in [0.2, 0.25) is 0 Å². The third kappa shape index (κ3) is 9.06. The van der Waals surface area contributed by atoms with E-state index in [0.29, 0.717) is 0 Å². The van der Waals surface area contributed by atoms with Gasteiger partial charge in [-0.25, -0.2) is 0 Å². The molecule has 0 saturated heterocycles. The molecule has 0 N–H and O–H groups in total. The second-order valence-corrected chi connectivity index (χ2v) is 25.4. The largest absolute Gasteiger partial charge is 0.309 e. The summed E-state index contributed by atoms with van der Waals surface area (Å²) in [6.45, 7) is 9.09. The zero-order valence-corrected chi connectivity index (χ0v) is 51.1. The van der Waals surface area contributed by atoms with Gasteiger partial charge < -0.3 is 9.80 Å². The molecule has 0 fully saturated rings. The Balaban J connectivity index is 0.828. The summed E-state index contributed by atoms with van der Waals surface area (Å²) in [4.78, 5) is 5.03. The molecule has 0 spiro atoms. The van der Waals surface area contributed by atoms with Gasteiger partial charge >= 0.3 is 0 Å². The number of fused-ring (bicyclic) bond motifs is 8. The van der Waals surface area contributed by atoms with E-state index in [4.69, 9.17) is 0 Å². The fourth-order valence-electron chi connectivity index (χ4n) is 13.7. The van der Waals surface area contributed by atoms with Crippen LogP contribution in [0, 0.1) is 27.7 Å². The molecule has 0 aliphatic rings. The molecule has 2 nitrogen and oxygen atoms in total. The Labute approximate surface area is 521 Å². The number of thiophene rings is 2. The molecule has 14 aromatic carbocycles. The van der Waals surface area contributed by atoms with Crippen molar-refractivity contribution in [2.24, 2.45) is 0 Å². The van der Waals surface area contributed by atoms with Crippen molar-refractivity contribution in [1.82, 2.24) is 0 Å². The van der Waals surface area contributed by atoms with Crippen LogP contribution in [0.5, 0.6) is 0 Å². The summed E-state index contributed by atoms with van der Waals surface area (Å²) in [5.41, 5.74) is 23.6. The fourth-order valence-corrected chi connectivity index (χ4v) is 16.2. The van der Waals surface area contributed by atoms with Gasteiger partial charge in [0.15, 0.2) is 0 Å². The standard InChI is InChI=1S/C84H60N2S2/c1-53-19-13-31-71(75-35-17-33-73-69-27-9-11-37-79(69)87-83(73)75)81(53)85(63-45-39-59(40-46-63)67-29-15-23-57-21-5-7-25-65(57)67)77-49-43-61(51-55(77)3)62-44-50-78(56(4)52-62)86(64-47-41-60(42-48-64)68-30-16-24-58-22-6-8-26-66(58)68)82-54(2)20-14-32-72(82)76-36-18-34-74-70-28-10-12-38-80(70)88-84(74)76/h5-52H,1-4H3. The van der Waals surface area contributed by atoms with Crippen LogP contribution in [0.15, 0.2) is 291 Å². The lowest BCUT2D eigenvalue weighted by atomic mass is 9.94. The van der Waals surface area contributed by atoms with Crippen molar-refractivity contribution in [2.45, 2.75) is 27.7 Å². The van der Waals surface area contributed by atoms with E-state index in [1.807, 2.05) is 22.7 Å². The monoisotopic (exact) mass is 1160 g/mol. The summed E-state index contributed by atoms with van der Waals surface area (Å²) in [6, 6.07) is 108. The van der Waals surface area contributed by atoms with Gasteiger partial charge in [-0.15, -0.1) is 22.7 Å². The lowest BCUT2D eigenvalue weighted by molar-refractivity contribution is 1.22. The van der Waals surface area contributed by atoms with E-state index in [0.717, 1.165) is 22.7 Å². The Kier molecular flexibility index (Phi) is 13.2. The maximum atomic E-state index is 2.51. The number of benzene rings is 14. The minimum Gasteiger partial charge on any atom is -0.309 e. The third-order valence-corrected chi connectivity index (χ3v) is 20.4. The maximum Gasteiger partial charge on any atom is 0.0569 e. The molecule has 0 unspecified atom stereocenters. The molecule has 0 radical (unpaired) electrons. The average molecular weight is 1160 g/mol. The first-order chi connectivity index (χ1) is 43.3. The van der Waals surface area contributed by atoms with Crippen molar-refractivity contribution in [3.63, 3.8) is 0 Å². The van der Waals surface area contributed by atoms with Gasteiger partial charge in [0.1, 0.15) is 0 Å². The van der Waals surface area contributed by atoms with Crippen LogP contribution >= 0.6 is 22.7 Å². The molecule has 2 aromatic heterocycles. The Morgan fingerprint density at radius 3 is 1.00 bits per heavy atom. The summed E-state index contributed by atoms with van der Waals surface area (Å²) in [7, 11) is 0. The molecule has 4 heteroatoms. The van der Waals surface area contributed by atoms with Crippen LogP contribution in [0.1, 0.15) is 22.3 Å². The first-order valence-corrected chi connectivity index (χ1v) is 31.9. The van der Waals surface area contributed by atoms with Gasteiger partial charge in [-0.2, -0.15) is 0 Å². The minimum absolute atomic E-state index is 1.10. The number of anilines is 6. The molecule has 0 atom stereocenters. The molecule has 0 amide bonds. The molecule has 0 aliphatic heterocycles. The van der Waals surface area contributed by atoms with Crippen molar-refractivity contribution < 1.29 is 0 Å². The summed E-state index contributed by atoms with van der Waals surface area (Å²) in [5.74, 6) is 0. The maximum absolute atomic E-state index is 2.51. The minimum atomic E-state index is 1.10. The second-order valence-electron chi connectivity index (χ2n) is 23.3. The predicted octanol–water partition coefficient (Wildman–Crippen LogP) is 25.2. The van der Waals surface area contributed by atoms with Gasteiger partial charge in [0.25, 0.3) is 0 Å². The van der Waals surface area contributed by atoms with E-state index >= 15 is 0 Å². The topological polar surface area (TPSA) is 6.48 Å². The first-order valence-electron chi connectivity index (χ1n) is 30.3. The molecule has 0 bridgehead atoms. The zero-order valence-electron chi connectivity index (χ0n) is 49.4. The highest BCUT2D eigenvalue weighted by molar-refractivity contribution is 7.26.